The Morgan fingerprint density at radius 3 is 3.05 bits per heavy atom. The summed E-state index contributed by atoms with van der Waals surface area (Å²) in [4.78, 5) is 13.2. The molecule has 2 N–H and O–H groups in total. The topological polar surface area (TPSA) is 71.8 Å². The molecule has 0 unspecified atom stereocenters. The van der Waals surface area contributed by atoms with Crippen molar-refractivity contribution >= 4 is 33.2 Å². The summed E-state index contributed by atoms with van der Waals surface area (Å²) < 4.78 is 2.84. The zero-order valence-electron chi connectivity index (χ0n) is 11.4. The summed E-state index contributed by atoms with van der Waals surface area (Å²) in [5, 5.41) is 16.2. The summed E-state index contributed by atoms with van der Waals surface area (Å²) in [7, 11) is 0. The Morgan fingerprint density at radius 1 is 1.52 bits per heavy atom. The van der Waals surface area contributed by atoms with E-state index in [4.69, 9.17) is 0 Å². The van der Waals surface area contributed by atoms with Crippen molar-refractivity contribution in [1.82, 2.24) is 25.6 Å². The molecule has 3 heterocycles. The quantitative estimate of drug-likeness (QED) is 0.863. The van der Waals surface area contributed by atoms with E-state index in [9.17, 15) is 4.79 Å². The van der Waals surface area contributed by atoms with Gasteiger partial charge in [0.05, 0.1) is 18.8 Å². The molecular weight excluding hydrogens is 354 g/mol. The number of carbonyl (C=O) groups excluding carboxylic acids is 1. The molecule has 6 nitrogen and oxygen atoms in total. The summed E-state index contributed by atoms with van der Waals surface area (Å²) in [6, 6.07) is 2.31. The molecule has 1 amide bonds. The molecule has 21 heavy (non-hydrogen) atoms. The molecule has 1 fully saturated rings. The predicted octanol–water partition coefficient (Wildman–Crippen LogP) is 1.96. The summed E-state index contributed by atoms with van der Waals surface area (Å²) in [5.41, 5.74) is 0.376. The number of halogens is 1. The molecule has 0 aliphatic carbocycles. The third-order valence-corrected chi connectivity index (χ3v) is 5.45. The van der Waals surface area contributed by atoms with Gasteiger partial charge < -0.3 is 10.6 Å². The van der Waals surface area contributed by atoms with E-state index < -0.39 is 0 Å². The van der Waals surface area contributed by atoms with Crippen molar-refractivity contribution in [2.45, 2.75) is 25.4 Å². The molecule has 8 heteroatoms. The van der Waals surface area contributed by atoms with Crippen molar-refractivity contribution in [3.63, 3.8) is 0 Å². The number of hydrogen-bond acceptors (Lipinski definition) is 5. The maximum atomic E-state index is 12.1. The Balaban J connectivity index is 1.60. The lowest BCUT2D eigenvalue weighted by atomic mass is 10.1. The summed E-state index contributed by atoms with van der Waals surface area (Å²) in [5.74, 6) is -0.185. The first kappa shape index (κ1) is 14.7. The Bertz CT molecular complexity index is 620. The molecule has 3 rings (SSSR count). The molecule has 0 spiro atoms. The smallest absolute Gasteiger partial charge is 0.273 e. The van der Waals surface area contributed by atoms with E-state index in [1.807, 2.05) is 16.1 Å². The minimum atomic E-state index is -0.185. The SMILES string of the molecule is O=C(NCc1sccc1Br)c1cn(C2CCNCC2)nn1. The molecule has 0 bridgehead atoms. The van der Waals surface area contributed by atoms with Gasteiger partial charge in [0.2, 0.25) is 0 Å². The van der Waals surface area contributed by atoms with Gasteiger partial charge in [0.25, 0.3) is 5.91 Å². The molecule has 1 aliphatic rings. The van der Waals surface area contributed by atoms with Crippen LogP contribution in [0.5, 0.6) is 0 Å². The van der Waals surface area contributed by atoms with E-state index in [-0.39, 0.29) is 5.91 Å². The molecule has 2 aromatic heterocycles. The van der Waals surface area contributed by atoms with Gasteiger partial charge in [-0.05, 0) is 53.3 Å². The lowest BCUT2D eigenvalue weighted by Crippen LogP contribution is -2.29. The second-order valence-corrected chi connectivity index (χ2v) is 6.79. The first-order valence-corrected chi connectivity index (χ1v) is 8.54. The predicted molar refractivity (Wildman–Crippen MR) is 84.4 cm³/mol. The van der Waals surface area contributed by atoms with E-state index in [2.05, 4.69) is 36.9 Å². The number of nitrogens with one attached hydrogen (secondary N) is 2. The fraction of sp³-hybridized carbons (Fsp3) is 0.462. The highest BCUT2D eigenvalue weighted by atomic mass is 79.9. The second-order valence-electron chi connectivity index (χ2n) is 4.94. The van der Waals surface area contributed by atoms with Crippen molar-refractivity contribution in [3.8, 4) is 0 Å². The van der Waals surface area contributed by atoms with E-state index in [1.54, 1.807) is 17.5 Å². The number of thiophene rings is 1. The molecule has 0 radical (unpaired) electrons. The van der Waals surface area contributed by atoms with Gasteiger partial charge in [-0.3, -0.25) is 4.79 Å². The Kier molecular flexibility index (Phi) is 4.67. The molecule has 112 valence electrons. The molecule has 2 aromatic rings. The number of piperidine rings is 1. The van der Waals surface area contributed by atoms with Crippen LogP contribution in [0, 0.1) is 0 Å². The van der Waals surface area contributed by atoms with Gasteiger partial charge in [-0.2, -0.15) is 0 Å². The zero-order valence-corrected chi connectivity index (χ0v) is 13.8. The van der Waals surface area contributed by atoms with Crippen LogP contribution in [-0.2, 0) is 6.54 Å². The Hall–Kier alpha value is -1.25. The van der Waals surface area contributed by atoms with Crippen LogP contribution in [-0.4, -0.2) is 34.0 Å². The van der Waals surface area contributed by atoms with Gasteiger partial charge in [0.1, 0.15) is 0 Å². The summed E-state index contributed by atoms with van der Waals surface area (Å²) in [6.45, 7) is 2.47. The number of carbonyl (C=O) groups is 1. The summed E-state index contributed by atoms with van der Waals surface area (Å²) in [6.07, 6.45) is 3.79. The highest BCUT2D eigenvalue weighted by Gasteiger charge is 2.18. The minimum Gasteiger partial charge on any atom is -0.346 e. The Morgan fingerprint density at radius 2 is 2.33 bits per heavy atom. The molecule has 1 aliphatic heterocycles. The van der Waals surface area contributed by atoms with Crippen molar-refractivity contribution in [3.05, 3.63) is 32.7 Å². The number of rotatable bonds is 4. The van der Waals surface area contributed by atoms with Gasteiger partial charge in [-0.1, -0.05) is 5.21 Å². The second kappa shape index (κ2) is 6.67. The molecule has 0 aromatic carbocycles. The molecule has 0 atom stereocenters. The van der Waals surface area contributed by atoms with E-state index in [1.165, 1.54) is 0 Å². The van der Waals surface area contributed by atoms with Crippen molar-refractivity contribution < 1.29 is 4.79 Å². The average molecular weight is 370 g/mol. The molecule has 1 saturated heterocycles. The number of amides is 1. The number of nitrogens with zero attached hydrogens (tertiary/aromatic N) is 3. The van der Waals surface area contributed by atoms with E-state index >= 15 is 0 Å². The van der Waals surface area contributed by atoms with Crippen LogP contribution in [0.1, 0.15) is 34.2 Å². The van der Waals surface area contributed by atoms with Crippen LogP contribution in [0.25, 0.3) is 0 Å². The zero-order chi connectivity index (χ0) is 14.7. The maximum Gasteiger partial charge on any atom is 0.273 e. The monoisotopic (exact) mass is 369 g/mol. The van der Waals surface area contributed by atoms with Gasteiger partial charge in [0.15, 0.2) is 5.69 Å². The van der Waals surface area contributed by atoms with Crippen LogP contribution in [0.2, 0.25) is 0 Å². The van der Waals surface area contributed by atoms with Crippen LogP contribution in [0.3, 0.4) is 0 Å². The summed E-state index contributed by atoms with van der Waals surface area (Å²) >= 11 is 5.05. The van der Waals surface area contributed by atoms with E-state index in [0.29, 0.717) is 18.3 Å². The van der Waals surface area contributed by atoms with Crippen molar-refractivity contribution in [2.75, 3.05) is 13.1 Å². The van der Waals surface area contributed by atoms with E-state index in [0.717, 1.165) is 35.3 Å². The van der Waals surface area contributed by atoms with Gasteiger partial charge in [0, 0.05) is 9.35 Å². The average Bonchev–Trinajstić information content (AvgIpc) is 3.15. The van der Waals surface area contributed by atoms with Crippen LogP contribution < -0.4 is 10.6 Å². The highest BCUT2D eigenvalue weighted by Crippen LogP contribution is 2.22. The third-order valence-electron chi connectivity index (χ3n) is 3.53. The lowest BCUT2D eigenvalue weighted by molar-refractivity contribution is 0.0946. The van der Waals surface area contributed by atoms with Crippen molar-refractivity contribution in [1.29, 1.82) is 0 Å². The fourth-order valence-corrected chi connectivity index (χ4v) is 3.77. The van der Waals surface area contributed by atoms with Crippen LogP contribution in [0.15, 0.2) is 22.1 Å². The fourth-order valence-electron chi connectivity index (χ4n) is 2.33. The van der Waals surface area contributed by atoms with Crippen LogP contribution in [0.4, 0.5) is 0 Å². The maximum absolute atomic E-state index is 12.1. The first-order valence-electron chi connectivity index (χ1n) is 6.86. The van der Waals surface area contributed by atoms with Crippen molar-refractivity contribution in [2.24, 2.45) is 0 Å². The standard InChI is InChI=1S/C13H16BrN5OS/c14-10-3-6-21-12(10)7-16-13(20)11-8-19(18-17-11)9-1-4-15-5-2-9/h3,6,8-9,15H,1-2,4-5,7H2,(H,16,20). The number of aromatic nitrogens is 3. The normalized spacial score (nSPS) is 16.0. The minimum absolute atomic E-state index is 0.185. The lowest BCUT2D eigenvalue weighted by Gasteiger charge is -2.22. The van der Waals surface area contributed by atoms with Gasteiger partial charge in [-0.25, -0.2) is 4.68 Å². The van der Waals surface area contributed by atoms with Gasteiger partial charge >= 0.3 is 0 Å². The third kappa shape index (κ3) is 3.50. The molecular formula is C13H16BrN5OS. The highest BCUT2D eigenvalue weighted by molar-refractivity contribution is 9.10. The van der Waals surface area contributed by atoms with Gasteiger partial charge in [-0.15, -0.1) is 16.4 Å². The first-order chi connectivity index (χ1) is 10.2. The number of hydrogen-bond donors (Lipinski definition) is 2. The Labute approximate surface area is 135 Å². The largest absolute Gasteiger partial charge is 0.346 e. The molecule has 0 saturated carbocycles. The van der Waals surface area contributed by atoms with Crippen LogP contribution >= 0.6 is 27.3 Å².